The third kappa shape index (κ3) is 4.09. The highest BCUT2D eigenvalue weighted by atomic mass is 32.1. The minimum atomic E-state index is -2.42. The van der Waals surface area contributed by atoms with Crippen molar-refractivity contribution in [1.82, 2.24) is 15.2 Å². The van der Waals surface area contributed by atoms with Gasteiger partial charge in [0.25, 0.3) is 6.43 Å². The molecule has 0 aliphatic carbocycles. The van der Waals surface area contributed by atoms with Crippen LogP contribution in [0.25, 0.3) is 0 Å². The van der Waals surface area contributed by atoms with E-state index in [0.717, 1.165) is 0 Å². The van der Waals surface area contributed by atoms with Crippen LogP contribution in [0.3, 0.4) is 0 Å². The summed E-state index contributed by atoms with van der Waals surface area (Å²) in [5, 5.41) is 5.28. The van der Waals surface area contributed by atoms with E-state index in [2.05, 4.69) is 19.9 Å². The molecule has 2 N–H and O–H groups in total. The van der Waals surface area contributed by atoms with E-state index in [1.807, 2.05) is 0 Å². The number of H-pyrrole nitrogens is 2. The van der Waals surface area contributed by atoms with E-state index in [9.17, 15) is 8.78 Å². The number of aromatic nitrogens is 3. The van der Waals surface area contributed by atoms with E-state index >= 15 is 0 Å². The standard InChI is InChI=1S/C6H9F2N3OS/c7-4(8)3-12-2-1-5-9-6(13)11-10-5/h4H,1-3H2,(H2,9,10,11,13). The van der Waals surface area contributed by atoms with Gasteiger partial charge < -0.3 is 4.74 Å². The largest absolute Gasteiger partial charge is 0.375 e. The van der Waals surface area contributed by atoms with Gasteiger partial charge in [-0.15, -0.1) is 0 Å². The van der Waals surface area contributed by atoms with Gasteiger partial charge in [0.15, 0.2) is 0 Å². The van der Waals surface area contributed by atoms with Crippen molar-refractivity contribution in [2.24, 2.45) is 0 Å². The number of halogens is 2. The van der Waals surface area contributed by atoms with Crippen LogP contribution in [0.2, 0.25) is 0 Å². The van der Waals surface area contributed by atoms with Crippen molar-refractivity contribution in [3.63, 3.8) is 0 Å². The molecule has 4 nitrogen and oxygen atoms in total. The van der Waals surface area contributed by atoms with Gasteiger partial charge in [0.2, 0.25) is 4.77 Å². The summed E-state index contributed by atoms with van der Waals surface area (Å²) >= 11 is 4.69. The second-order valence-electron chi connectivity index (χ2n) is 2.33. The molecule has 0 aliphatic rings. The van der Waals surface area contributed by atoms with Crippen molar-refractivity contribution in [2.45, 2.75) is 12.8 Å². The Bertz CT molecular complexity index is 298. The molecule has 0 aliphatic heterocycles. The molecule has 7 heteroatoms. The van der Waals surface area contributed by atoms with Crippen molar-refractivity contribution in [3.8, 4) is 0 Å². The molecule has 74 valence electrons. The second kappa shape index (κ2) is 5.03. The predicted molar refractivity (Wildman–Crippen MR) is 44.3 cm³/mol. The van der Waals surface area contributed by atoms with E-state index in [0.29, 0.717) is 17.0 Å². The first kappa shape index (κ1) is 10.3. The number of nitrogens with zero attached hydrogens (tertiary/aromatic N) is 1. The monoisotopic (exact) mass is 209 g/mol. The van der Waals surface area contributed by atoms with Crippen molar-refractivity contribution >= 4 is 12.2 Å². The Hall–Kier alpha value is -0.820. The van der Waals surface area contributed by atoms with Gasteiger partial charge in [-0.1, -0.05) is 0 Å². The van der Waals surface area contributed by atoms with Crippen LogP contribution in [0.5, 0.6) is 0 Å². The molecule has 0 atom stereocenters. The van der Waals surface area contributed by atoms with E-state index < -0.39 is 13.0 Å². The number of aromatic amines is 2. The lowest BCUT2D eigenvalue weighted by Gasteiger charge is -2.00. The zero-order valence-corrected chi connectivity index (χ0v) is 7.53. The number of ether oxygens (including phenoxy) is 1. The average molecular weight is 209 g/mol. The molecular weight excluding hydrogens is 200 g/mol. The SMILES string of the molecule is FC(F)COCCc1nc(=S)[nH][nH]1. The number of rotatable bonds is 5. The third-order valence-corrected chi connectivity index (χ3v) is 1.47. The van der Waals surface area contributed by atoms with Crippen LogP contribution in [0.1, 0.15) is 5.82 Å². The molecule has 1 rings (SSSR count). The molecule has 0 unspecified atom stereocenters. The fourth-order valence-electron chi connectivity index (χ4n) is 0.764. The lowest BCUT2D eigenvalue weighted by atomic mass is 10.4. The first-order valence-corrected chi connectivity index (χ1v) is 4.09. The van der Waals surface area contributed by atoms with Crippen LogP contribution in [0.15, 0.2) is 0 Å². The van der Waals surface area contributed by atoms with Gasteiger partial charge in [0, 0.05) is 6.42 Å². The number of alkyl halides is 2. The molecule has 0 fully saturated rings. The molecule has 0 spiro atoms. The third-order valence-electron chi connectivity index (χ3n) is 1.28. The van der Waals surface area contributed by atoms with Gasteiger partial charge >= 0.3 is 0 Å². The van der Waals surface area contributed by atoms with Crippen molar-refractivity contribution in [3.05, 3.63) is 10.6 Å². The highest BCUT2D eigenvalue weighted by Gasteiger charge is 2.02. The number of nitrogens with one attached hydrogen (secondary N) is 2. The molecule has 0 saturated carbocycles. The Kier molecular flexibility index (Phi) is 3.97. The highest BCUT2D eigenvalue weighted by Crippen LogP contribution is 1.95. The topological polar surface area (TPSA) is 53.7 Å². The summed E-state index contributed by atoms with van der Waals surface area (Å²) in [6.07, 6.45) is -1.97. The molecule has 13 heavy (non-hydrogen) atoms. The highest BCUT2D eigenvalue weighted by molar-refractivity contribution is 7.71. The summed E-state index contributed by atoms with van der Waals surface area (Å²) in [5.74, 6) is 0.610. The molecule has 0 aromatic carbocycles. The Morgan fingerprint density at radius 1 is 1.46 bits per heavy atom. The van der Waals surface area contributed by atoms with E-state index in [-0.39, 0.29) is 6.61 Å². The summed E-state index contributed by atoms with van der Waals surface area (Å²) in [4.78, 5) is 3.86. The summed E-state index contributed by atoms with van der Waals surface area (Å²) in [6.45, 7) is -0.328. The minimum absolute atomic E-state index is 0.209. The predicted octanol–water partition coefficient (Wildman–Crippen LogP) is 1.29. The van der Waals surface area contributed by atoms with Gasteiger partial charge in [0.05, 0.1) is 6.61 Å². The quantitative estimate of drug-likeness (QED) is 0.567. The molecular formula is C6H9F2N3OS. The van der Waals surface area contributed by atoms with Crippen molar-refractivity contribution in [2.75, 3.05) is 13.2 Å². The molecule has 1 aromatic rings. The van der Waals surface area contributed by atoms with Gasteiger partial charge in [-0.2, -0.15) is 0 Å². The fraction of sp³-hybridized carbons (Fsp3) is 0.667. The zero-order valence-electron chi connectivity index (χ0n) is 6.72. The van der Waals surface area contributed by atoms with Crippen LogP contribution in [0.4, 0.5) is 8.78 Å². The normalized spacial score (nSPS) is 11.0. The average Bonchev–Trinajstić information content (AvgIpc) is 2.45. The molecule has 1 aromatic heterocycles. The van der Waals surface area contributed by atoms with Crippen LogP contribution in [0, 0.1) is 4.77 Å². The van der Waals surface area contributed by atoms with Gasteiger partial charge in [-0.05, 0) is 12.2 Å². The van der Waals surface area contributed by atoms with Gasteiger partial charge in [0.1, 0.15) is 12.4 Å². The van der Waals surface area contributed by atoms with Gasteiger partial charge in [-0.3, -0.25) is 10.2 Å². The first-order valence-electron chi connectivity index (χ1n) is 3.68. The summed E-state index contributed by atoms with van der Waals surface area (Å²) in [6, 6.07) is 0. The van der Waals surface area contributed by atoms with E-state index in [1.165, 1.54) is 0 Å². The minimum Gasteiger partial charge on any atom is -0.375 e. The summed E-state index contributed by atoms with van der Waals surface area (Å²) in [5.41, 5.74) is 0. The van der Waals surface area contributed by atoms with Gasteiger partial charge in [-0.25, -0.2) is 13.8 Å². The zero-order chi connectivity index (χ0) is 9.68. The van der Waals surface area contributed by atoms with Crippen LogP contribution in [-0.4, -0.2) is 34.8 Å². The number of hydrogen-bond donors (Lipinski definition) is 2. The van der Waals surface area contributed by atoms with E-state index in [4.69, 9.17) is 12.2 Å². The maximum Gasteiger partial charge on any atom is 0.261 e. The van der Waals surface area contributed by atoms with Crippen LogP contribution in [-0.2, 0) is 11.2 Å². The second-order valence-corrected chi connectivity index (χ2v) is 2.72. The Morgan fingerprint density at radius 2 is 2.23 bits per heavy atom. The Morgan fingerprint density at radius 3 is 2.77 bits per heavy atom. The molecule has 0 saturated heterocycles. The lowest BCUT2D eigenvalue weighted by molar-refractivity contribution is 0.0183. The molecule has 0 bridgehead atoms. The summed E-state index contributed by atoms with van der Waals surface area (Å²) in [7, 11) is 0. The smallest absolute Gasteiger partial charge is 0.261 e. The summed E-state index contributed by atoms with van der Waals surface area (Å²) < 4.78 is 28.2. The number of hydrogen-bond acceptors (Lipinski definition) is 3. The fourth-order valence-corrected chi connectivity index (χ4v) is 0.925. The van der Waals surface area contributed by atoms with Crippen molar-refractivity contribution in [1.29, 1.82) is 0 Å². The molecule has 0 radical (unpaired) electrons. The Balaban J connectivity index is 2.17. The van der Waals surface area contributed by atoms with Crippen LogP contribution < -0.4 is 0 Å². The maximum absolute atomic E-state index is 11.6. The van der Waals surface area contributed by atoms with E-state index in [1.54, 1.807) is 0 Å². The lowest BCUT2D eigenvalue weighted by Crippen LogP contribution is -2.07. The van der Waals surface area contributed by atoms with Crippen LogP contribution >= 0.6 is 12.2 Å². The first-order chi connectivity index (χ1) is 6.18. The van der Waals surface area contributed by atoms with Crippen molar-refractivity contribution < 1.29 is 13.5 Å². The maximum atomic E-state index is 11.6. The molecule has 1 heterocycles. The Labute approximate surface area is 78.3 Å². The molecule has 0 amide bonds.